The molecule has 2 aliphatic carbocycles. The van der Waals surface area contributed by atoms with E-state index in [2.05, 4.69) is 12.1 Å². The van der Waals surface area contributed by atoms with Gasteiger partial charge >= 0.3 is 5.97 Å². The minimum Gasteiger partial charge on any atom is -0.455 e. The lowest BCUT2D eigenvalue weighted by Gasteiger charge is -2.38. The maximum Gasteiger partial charge on any atom is 0.338 e. The Morgan fingerprint density at radius 1 is 0.839 bits per heavy atom. The summed E-state index contributed by atoms with van der Waals surface area (Å²) < 4.78 is 18.7. The molecule has 0 N–H and O–H groups in total. The van der Waals surface area contributed by atoms with Gasteiger partial charge in [0, 0.05) is 5.88 Å². The van der Waals surface area contributed by atoms with Crippen LogP contribution in [0, 0.1) is 0 Å². The summed E-state index contributed by atoms with van der Waals surface area (Å²) in [6.07, 6.45) is 17.1. The molecule has 0 spiro atoms. The molecule has 2 aliphatic rings. The van der Waals surface area contributed by atoms with Crippen LogP contribution in [0.4, 0.5) is 4.39 Å². The first-order valence-corrected chi connectivity index (χ1v) is 13.1. The molecule has 0 radical (unpaired) electrons. The molecular weight excluding hydrogens is 411 g/mol. The standard InChI is InChI=1S/C27H40ClFO2/c28-21-9-7-17-26(15-3-1-4-16-26)24-13-11-23(12-14-24)25(30)31-27(20-8-10-22-29)18-5-2-6-19-27/h11-14H,1-10,15-22H2. The van der Waals surface area contributed by atoms with Crippen molar-refractivity contribution >= 4 is 17.6 Å². The Hall–Kier alpha value is -1.09. The third kappa shape index (κ3) is 6.70. The third-order valence-electron chi connectivity index (χ3n) is 7.67. The molecule has 0 saturated heterocycles. The second kappa shape index (κ2) is 12.2. The van der Waals surface area contributed by atoms with Crippen LogP contribution in [0.3, 0.4) is 0 Å². The van der Waals surface area contributed by atoms with Gasteiger partial charge in [-0.25, -0.2) is 4.79 Å². The van der Waals surface area contributed by atoms with Gasteiger partial charge in [-0.15, -0.1) is 11.6 Å². The fraction of sp³-hybridized carbons (Fsp3) is 0.741. The predicted octanol–water partition coefficient (Wildman–Crippen LogP) is 8.30. The number of unbranched alkanes of at least 4 members (excludes halogenated alkanes) is 2. The van der Waals surface area contributed by atoms with Crippen molar-refractivity contribution in [1.29, 1.82) is 0 Å². The molecule has 0 bridgehead atoms. The fourth-order valence-electron chi connectivity index (χ4n) is 5.83. The topological polar surface area (TPSA) is 26.3 Å². The average molecular weight is 451 g/mol. The van der Waals surface area contributed by atoms with E-state index in [0.29, 0.717) is 12.0 Å². The van der Waals surface area contributed by atoms with Gasteiger partial charge in [0.25, 0.3) is 0 Å². The quantitative estimate of drug-likeness (QED) is 0.192. The molecular formula is C27H40ClFO2. The molecule has 2 nitrogen and oxygen atoms in total. The van der Waals surface area contributed by atoms with Crippen molar-refractivity contribution in [3.05, 3.63) is 35.4 Å². The zero-order valence-corrected chi connectivity index (χ0v) is 19.9. The largest absolute Gasteiger partial charge is 0.455 e. The molecule has 0 heterocycles. The fourth-order valence-corrected chi connectivity index (χ4v) is 6.01. The van der Waals surface area contributed by atoms with Crippen molar-refractivity contribution in [2.45, 2.75) is 114 Å². The number of alkyl halides is 2. The van der Waals surface area contributed by atoms with Gasteiger partial charge in [-0.3, -0.25) is 4.39 Å². The zero-order chi connectivity index (χ0) is 22.0. The van der Waals surface area contributed by atoms with Crippen molar-refractivity contribution in [3.8, 4) is 0 Å². The van der Waals surface area contributed by atoms with Gasteiger partial charge < -0.3 is 4.74 Å². The van der Waals surface area contributed by atoms with Crippen molar-refractivity contribution in [2.75, 3.05) is 12.6 Å². The second-order valence-corrected chi connectivity index (χ2v) is 10.2. The molecule has 0 atom stereocenters. The third-order valence-corrected chi connectivity index (χ3v) is 7.94. The van der Waals surface area contributed by atoms with E-state index >= 15 is 0 Å². The van der Waals surface area contributed by atoms with Gasteiger partial charge in [0.05, 0.1) is 12.2 Å². The normalized spacial score (nSPS) is 20.3. The monoisotopic (exact) mass is 450 g/mol. The van der Waals surface area contributed by atoms with Gasteiger partial charge in [-0.1, -0.05) is 44.2 Å². The van der Waals surface area contributed by atoms with E-state index in [1.165, 1.54) is 50.5 Å². The Labute approximate surface area is 193 Å². The lowest BCUT2D eigenvalue weighted by atomic mass is 9.66. The summed E-state index contributed by atoms with van der Waals surface area (Å²) in [5.74, 6) is 0.516. The summed E-state index contributed by atoms with van der Waals surface area (Å²) in [5.41, 5.74) is 1.86. The number of rotatable bonds is 11. The number of hydrogen-bond acceptors (Lipinski definition) is 2. The van der Waals surface area contributed by atoms with Crippen molar-refractivity contribution in [3.63, 3.8) is 0 Å². The number of benzene rings is 1. The number of hydrogen-bond donors (Lipinski definition) is 0. The highest BCUT2D eigenvalue weighted by Crippen LogP contribution is 2.43. The van der Waals surface area contributed by atoms with E-state index in [4.69, 9.17) is 16.3 Å². The van der Waals surface area contributed by atoms with Crippen LogP contribution in [0.25, 0.3) is 0 Å². The summed E-state index contributed by atoms with van der Waals surface area (Å²) in [4.78, 5) is 13.0. The van der Waals surface area contributed by atoms with Gasteiger partial charge in [0.2, 0.25) is 0 Å². The van der Waals surface area contributed by atoms with Crippen LogP contribution in [0.5, 0.6) is 0 Å². The molecule has 31 heavy (non-hydrogen) atoms. The highest BCUT2D eigenvalue weighted by molar-refractivity contribution is 6.17. The van der Waals surface area contributed by atoms with Crippen LogP contribution in [-0.2, 0) is 10.2 Å². The Kier molecular flexibility index (Phi) is 9.69. The van der Waals surface area contributed by atoms with Crippen molar-refractivity contribution in [1.82, 2.24) is 0 Å². The molecule has 0 amide bonds. The molecule has 0 aromatic heterocycles. The lowest BCUT2D eigenvalue weighted by Crippen LogP contribution is -2.37. The minimum atomic E-state index is -0.394. The van der Waals surface area contributed by atoms with E-state index in [1.54, 1.807) is 0 Å². The van der Waals surface area contributed by atoms with Gasteiger partial charge in [0.1, 0.15) is 5.60 Å². The summed E-state index contributed by atoms with van der Waals surface area (Å²) in [6.45, 7) is -0.294. The molecule has 0 aliphatic heterocycles. The first-order chi connectivity index (χ1) is 15.1. The van der Waals surface area contributed by atoms with Crippen LogP contribution in [0.15, 0.2) is 24.3 Å². The molecule has 2 fully saturated rings. The first kappa shape index (κ1) is 24.6. The summed E-state index contributed by atoms with van der Waals surface area (Å²) >= 11 is 5.93. The van der Waals surface area contributed by atoms with E-state index in [1.807, 2.05) is 12.1 Å². The number of carbonyl (C=O) groups is 1. The number of esters is 1. The predicted molar refractivity (Wildman–Crippen MR) is 127 cm³/mol. The maximum absolute atomic E-state index is 13.0. The van der Waals surface area contributed by atoms with Gasteiger partial charge in [-0.2, -0.15) is 0 Å². The molecule has 1 aromatic carbocycles. The summed E-state index contributed by atoms with van der Waals surface area (Å²) in [7, 11) is 0. The van der Waals surface area contributed by atoms with Gasteiger partial charge in [0.15, 0.2) is 0 Å². The van der Waals surface area contributed by atoms with Crippen LogP contribution < -0.4 is 0 Å². The maximum atomic E-state index is 13.0. The lowest BCUT2D eigenvalue weighted by molar-refractivity contribution is -0.0436. The molecule has 174 valence electrons. The minimum absolute atomic E-state index is 0.214. The van der Waals surface area contributed by atoms with E-state index in [9.17, 15) is 9.18 Å². The Morgan fingerprint density at radius 3 is 2.06 bits per heavy atom. The van der Waals surface area contributed by atoms with Crippen LogP contribution in [-0.4, -0.2) is 24.1 Å². The van der Waals surface area contributed by atoms with Crippen molar-refractivity contribution < 1.29 is 13.9 Å². The molecule has 3 rings (SSSR count). The van der Waals surface area contributed by atoms with Crippen LogP contribution in [0.2, 0.25) is 0 Å². The van der Waals surface area contributed by atoms with Crippen molar-refractivity contribution in [2.24, 2.45) is 0 Å². The Morgan fingerprint density at radius 2 is 1.45 bits per heavy atom. The van der Waals surface area contributed by atoms with E-state index in [0.717, 1.165) is 57.2 Å². The Bertz CT molecular complexity index is 660. The van der Waals surface area contributed by atoms with Gasteiger partial charge in [-0.05, 0) is 93.7 Å². The number of halogens is 2. The average Bonchev–Trinajstić information content (AvgIpc) is 2.81. The highest BCUT2D eigenvalue weighted by atomic mass is 35.5. The summed E-state index contributed by atoms with van der Waals surface area (Å²) in [6, 6.07) is 8.26. The SMILES string of the molecule is O=C(OC1(CCCCF)CCCCC1)c1ccc(C2(CCCCCl)CCCCC2)cc1. The zero-order valence-electron chi connectivity index (χ0n) is 19.1. The molecule has 2 saturated carbocycles. The van der Waals surface area contributed by atoms with E-state index < -0.39 is 5.60 Å². The molecule has 1 aromatic rings. The van der Waals surface area contributed by atoms with E-state index in [-0.39, 0.29) is 18.1 Å². The molecule has 0 unspecified atom stereocenters. The smallest absolute Gasteiger partial charge is 0.338 e. The number of ether oxygens (including phenoxy) is 1. The summed E-state index contributed by atoms with van der Waals surface area (Å²) in [5, 5.41) is 0. The molecule has 4 heteroatoms. The van der Waals surface area contributed by atoms with Crippen LogP contribution in [0.1, 0.15) is 119 Å². The highest BCUT2D eigenvalue weighted by Gasteiger charge is 2.36. The second-order valence-electron chi connectivity index (χ2n) is 9.84. The Balaban J connectivity index is 1.69. The van der Waals surface area contributed by atoms with Crippen LogP contribution >= 0.6 is 11.6 Å². The first-order valence-electron chi connectivity index (χ1n) is 12.6. The number of carbonyl (C=O) groups excluding carboxylic acids is 1.